The van der Waals surface area contributed by atoms with Gasteiger partial charge in [0.2, 0.25) is 10.0 Å². The van der Waals surface area contributed by atoms with E-state index < -0.39 is 15.9 Å². The molecule has 0 atom stereocenters. The van der Waals surface area contributed by atoms with E-state index in [0.717, 1.165) is 12.8 Å². The molecule has 1 amide bonds. The Balaban J connectivity index is 1.70. The zero-order valence-corrected chi connectivity index (χ0v) is 16.1. The summed E-state index contributed by atoms with van der Waals surface area (Å²) in [5.74, 6) is 0.337. The first-order valence-electron chi connectivity index (χ1n) is 8.26. The van der Waals surface area contributed by atoms with E-state index in [2.05, 4.69) is 10.0 Å². The SMILES string of the molecule is COc1ccc(S(=O)(=O)NC2CC2)cc1NC(=O)COc1cccc(Cl)c1. The minimum Gasteiger partial charge on any atom is -0.495 e. The summed E-state index contributed by atoms with van der Waals surface area (Å²) in [6.45, 7) is -0.263. The molecule has 2 aromatic carbocycles. The number of hydrogen-bond acceptors (Lipinski definition) is 5. The lowest BCUT2D eigenvalue weighted by Crippen LogP contribution is -2.26. The molecule has 0 bridgehead atoms. The van der Waals surface area contributed by atoms with Crippen LogP contribution in [0.4, 0.5) is 5.69 Å². The van der Waals surface area contributed by atoms with Crippen molar-refractivity contribution in [2.75, 3.05) is 19.0 Å². The number of anilines is 1. The fourth-order valence-electron chi connectivity index (χ4n) is 2.33. The number of sulfonamides is 1. The topological polar surface area (TPSA) is 93.7 Å². The second kappa shape index (κ2) is 8.16. The lowest BCUT2D eigenvalue weighted by molar-refractivity contribution is -0.118. The van der Waals surface area contributed by atoms with E-state index in [1.807, 2.05) is 0 Å². The Morgan fingerprint density at radius 3 is 2.67 bits per heavy atom. The van der Waals surface area contributed by atoms with E-state index >= 15 is 0 Å². The van der Waals surface area contributed by atoms with Crippen molar-refractivity contribution >= 4 is 33.2 Å². The maximum absolute atomic E-state index is 12.4. The monoisotopic (exact) mass is 410 g/mol. The molecule has 0 aliphatic heterocycles. The number of hydrogen-bond donors (Lipinski definition) is 2. The van der Waals surface area contributed by atoms with Crippen LogP contribution in [-0.2, 0) is 14.8 Å². The molecule has 0 unspecified atom stereocenters. The highest BCUT2D eigenvalue weighted by Gasteiger charge is 2.28. The second-order valence-corrected chi connectivity index (χ2v) is 8.20. The first kappa shape index (κ1) is 19.5. The highest BCUT2D eigenvalue weighted by molar-refractivity contribution is 7.89. The summed E-state index contributed by atoms with van der Waals surface area (Å²) in [6.07, 6.45) is 1.67. The minimum atomic E-state index is -3.64. The van der Waals surface area contributed by atoms with Crippen LogP contribution in [-0.4, -0.2) is 34.1 Å². The highest BCUT2D eigenvalue weighted by atomic mass is 35.5. The van der Waals surface area contributed by atoms with Crippen LogP contribution >= 0.6 is 11.6 Å². The number of carbonyl (C=O) groups is 1. The fraction of sp³-hybridized carbons (Fsp3) is 0.278. The Morgan fingerprint density at radius 2 is 2.00 bits per heavy atom. The molecule has 1 aliphatic rings. The lowest BCUT2D eigenvalue weighted by atomic mass is 10.3. The molecule has 0 heterocycles. The molecule has 1 saturated carbocycles. The second-order valence-electron chi connectivity index (χ2n) is 6.05. The normalized spacial score (nSPS) is 13.9. The van der Waals surface area contributed by atoms with Gasteiger partial charge >= 0.3 is 0 Å². The van der Waals surface area contributed by atoms with Gasteiger partial charge in [0.15, 0.2) is 6.61 Å². The summed E-state index contributed by atoms with van der Waals surface area (Å²) in [5, 5.41) is 3.11. The molecule has 3 rings (SSSR count). The van der Waals surface area contributed by atoms with E-state index in [-0.39, 0.29) is 23.2 Å². The molecule has 0 spiro atoms. The maximum atomic E-state index is 12.4. The number of nitrogens with one attached hydrogen (secondary N) is 2. The summed E-state index contributed by atoms with van der Waals surface area (Å²) in [7, 11) is -2.21. The third-order valence-electron chi connectivity index (χ3n) is 3.82. The van der Waals surface area contributed by atoms with Gasteiger partial charge in [-0.1, -0.05) is 17.7 Å². The molecule has 2 N–H and O–H groups in total. The van der Waals surface area contributed by atoms with E-state index in [0.29, 0.717) is 16.5 Å². The van der Waals surface area contributed by atoms with Crippen LogP contribution in [0.1, 0.15) is 12.8 Å². The van der Waals surface area contributed by atoms with Crippen LogP contribution in [0.2, 0.25) is 5.02 Å². The molecule has 9 heteroatoms. The zero-order chi connectivity index (χ0) is 19.4. The van der Waals surface area contributed by atoms with Crippen LogP contribution in [0, 0.1) is 0 Å². The summed E-state index contributed by atoms with van der Waals surface area (Å²) in [6, 6.07) is 10.9. The standard InChI is InChI=1S/C18H19ClN2O5S/c1-25-17-8-7-15(27(23,24)21-13-5-6-13)10-16(17)20-18(22)11-26-14-4-2-3-12(19)9-14/h2-4,7-10,13,21H,5-6,11H2,1H3,(H,20,22). The number of halogens is 1. The molecular weight excluding hydrogens is 392 g/mol. The number of carbonyl (C=O) groups excluding carboxylic acids is 1. The molecule has 0 radical (unpaired) electrons. The summed E-state index contributed by atoms with van der Waals surface area (Å²) < 4.78 is 37.9. The smallest absolute Gasteiger partial charge is 0.262 e. The van der Waals surface area contributed by atoms with Gasteiger partial charge in [-0.25, -0.2) is 13.1 Å². The third kappa shape index (κ3) is 5.35. The molecule has 7 nitrogen and oxygen atoms in total. The molecule has 1 aliphatic carbocycles. The van der Waals surface area contributed by atoms with Gasteiger partial charge in [0, 0.05) is 11.1 Å². The minimum absolute atomic E-state index is 0.0127. The number of methoxy groups -OCH3 is 1. The Bertz CT molecular complexity index is 945. The molecule has 0 saturated heterocycles. The summed E-state index contributed by atoms with van der Waals surface area (Å²) in [5.41, 5.74) is 0.246. The van der Waals surface area contributed by atoms with Crippen LogP contribution in [0.25, 0.3) is 0 Å². The van der Waals surface area contributed by atoms with Gasteiger partial charge in [-0.3, -0.25) is 4.79 Å². The average Bonchev–Trinajstić information content (AvgIpc) is 3.43. The molecule has 1 fully saturated rings. The van der Waals surface area contributed by atoms with Crippen molar-refractivity contribution in [1.82, 2.24) is 4.72 Å². The van der Waals surface area contributed by atoms with Crippen molar-refractivity contribution in [3.05, 3.63) is 47.5 Å². The summed E-state index contributed by atoms with van der Waals surface area (Å²) in [4.78, 5) is 12.3. The Morgan fingerprint density at radius 1 is 1.22 bits per heavy atom. The Kier molecular flexibility index (Phi) is 5.88. The molecule has 27 heavy (non-hydrogen) atoms. The quantitative estimate of drug-likeness (QED) is 0.697. The highest BCUT2D eigenvalue weighted by Crippen LogP contribution is 2.29. The third-order valence-corrected chi connectivity index (χ3v) is 5.57. The molecular formula is C18H19ClN2O5S. The predicted molar refractivity (Wildman–Crippen MR) is 102 cm³/mol. The summed E-state index contributed by atoms with van der Waals surface area (Å²) >= 11 is 5.87. The maximum Gasteiger partial charge on any atom is 0.262 e. The van der Waals surface area contributed by atoms with Crippen molar-refractivity contribution in [2.24, 2.45) is 0 Å². The molecule has 144 valence electrons. The van der Waals surface area contributed by atoms with E-state index in [1.165, 1.54) is 25.3 Å². The van der Waals surface area contributed by atoms with Crippen molar-refractivity contribution < 1.29 is 22.7 Å². The molecule has 2 aromatic rings. The van der Waals surface area contributed by atoms with Crippen LogP contribution in [0.5, 0.6) is 11.5 Å². The van der Waals surface area contributed by atoms with E-state index in [9.17, 15) is 13.2 Å². The van der Waals surface area contributed by atoms with Gasteiger partial charge in [0.05, 0.1) is 17.7 Å². The first-order valence-corrected chi connectivity index (χ1v) is 10.1. The number of rotatable bonds is 8. The Labute approximate surface area is 162 Å². The zero-order valence-electron chi connectivity index (χ0n) is 14.6. The van der Waals surface area contributed by atoms with Crippen LogP contribution in [0.15, 0.2) is 47.4 Å². The number of benzene rings is 2. The fourth-order valence-corrected chi connectivity index (χ4v) is 3.84. The van der Waals surface area contributed by atoms with Crippen LogP contribution in [0.3, 0.4) is 0 Å². The largest absolute Gasteiger partial charge is 0.495 e. The van der Waals surface area contributed by atoms with E-state index in [1.54, 1.807) is 24.3 Å². The molecule has 0 aromatic heterocycles. The van der Waals surface area contributed by atoms with Crippen molar-refractivity contribution in [3.8, 4) is 11.5 Å². The number of amides is 1. The van der Waals surface area contributed by atoms with Gasteiger partial charge in [0.1, 0.15) is 11.5 Å². The average molecular weight is 411 g/mol. The van der Waals surface area contributed by atoms with E-state index in [4.69, 9.17) is 21.1 Å². The van der Waals surface area contributed by atoms with Gasteiger partial charge in [-0.2, -0.15) is 0 Å². The van der Waals surface area contributed by atoms with Crippen LogP contribution < -0.4 is 19.5 Å². The van der Waals surface area contributed by atoms with Crippen molar-refractivity contribution in [1.29, 1.82) is 0 Å². The van der Waals surface area contributed by atoms with Gasteiger partial charge in [-0.15, -0.1) is 0 Å². The van der Waals surface area contributed by atoms with Gasteiger partial charge in [-0.05, 0) is 49.2 Å². The van der Waals surface area contributed by atoms with Gasteiger partial charge < -0.3 is 14.8 Å². The van der Waals surface area contributed by atoms with Crippen molar-refractivity contribution in [3.63, 3.8) is 0 Å². The number of ether oxygens (including phenoxy) is 2. The Hall–Kier alpha value is -2.29. The predicted octanol–water partition coefficient (Wildman–Crippen LogP) is 2.81. The van der Waals surface area contributed by atoms with Gasteiger partial charge in [0.25, 0.3) is 5.91 Å². The lowest BCUT2D eigenvalue weighted by Gasteiger charge is -2.13. The first-order chi connectivity index (χ1) is 12.9. The van der Waals surface area contributed by atoms with Crippen molar-refractivity contribution in [2.45, 2.75) is 23.8 Å².